The lowest BCUT2D eigenvalue weighted by Gasteiger charge is -2.12. The van der Waals surface area contributed by atoms with Crippen molar-refractivity contribution in [1.82, 2.24) is 5.32 Å². The smallest absolute Gasteiger partial charge is 0.319 e. The van der Waals surface area contributed by atoms with E-state index in [0.717, 1.165) is 16.8 Å². The molecule has 0 atom stereocenters. The number of nitrogens with two attached hydrogens (primary N) is 1. The van der Waals surface area contributed by atoms with Crippen molar-refractivity contribution in [3.05, 3.63) is 23.3 Å². The van der Waals surface area contributed by atoms with Crippen LogP contribution in [0.4, 0.5) is 16.2 Å². The van der Waals surface area contributed by atoms with Gasteiger partial charge in [-0.2, -0.15) is 0 Å². The Labute approximate surface area is 89.9 Å². The number of nitrogen functional groups attached to an aromatic ring is 1. The van der Waals surface area contributed by atoms with Crippen molar-refractivity contribution in [3.63, 3.8) is 0 Å². The fourth-order valence-electron chi connectivity index (χ4n) is 1.51. The van der Waals surface area contributed by atoms with E-state index < -0.39 is 0 Å². The summed E-state index contributed by atoms with van der Waals surface area (Å²) >= 11 is 0. The maximum Gasteiger partial charge on any atom is 0.319 e. The molecule has 15 heavy (non-hydrogen) atoms. The van der Waals surface area contributed by atoms with Gasteiger partial charge >= 0.3 is 6.03 Å². The van der Waals surface area contributed by atoms with Gasteiger partial charge in [0, 0.05) is 17.9 Å². The van der Waals surface area contributed by atoms with E-state index in [4.69, 9.17) is 5.73 Å². The molecule has 0 aliphatic heterocycles. The first-order chi connectivity index (χ1) is 7.04. The third-order valence-electron chi connectivity index (χ3n) is 2.13. The van der Waals surface area contributed by atoms with Crippen LogP contribution in [0.1, 0.15) is 18.1 Å². The topological polar surface area (TPSA) is 67.2 Å². The van der Waals surface area contributed by atoms with Gasteiger partial charge in [0.05, 0.1) is 0 Å². The first-order valence-electron chi connectivity index (χ1n) is 4.96. The van der Waals surface area contributed by atoms with Crippen molar-refractivity contribution >= 4 is 17.4 Å². The van der Waals surface area contributed by atoms with E-state index in [1.54, 1.807) is 0 Å². The molecular formula is C11H17N3O. The molecule has 0 unspecified atom stereocenters. The first kappa shape index (κ1) is 11.4. The number of nitrogens with one attached hydrogen (secondary N) is 2. The number of hydrogen-bond donors (Lipinski definition) is 3. The zero-order chi connectivity index (χ0) is 11.4. The quantitative estimate of drug-likeness (QED) is 0.649. The minimum absolute atomic E-state index is 0.187. The van der Waals surface area contributed by atoms with Gasteiger partial charge in [-0.3, -0.25) is 0 Å². The normalized spacial score (nSPS) is 9.80. The second kappa shape index (κ2) is 4.68. The standard InChI is InChI=1S/C11H17N3O/c1-4-13-11(15)14-10-7(2)5-9(12)6-8(10)3/h5-6H,4,12H2,1-3H3,(H2,13,14,15). The average molecular weight is 207 g/mol. The summed E-state index contributed by atoms with van der Waals surface area (Å²) in [7, 11) is 0. The summed E-state index contributed by atoms with van der Waals surface area (Å²) in [5.74, 6) is 0. The van der Waals surface area contributed by atoms with E-state index in [2.05, 4.69) is 10.6 Å². The minimum atomic E-state index is -0.187. The van der Waals surface area contributed by atoms with Gasteiger partial charge < -0.3 is 16.4 Å². The van der Waals surface area contributed by atoms with Gasteiger partial charge in [0.25, 0.3) is 0 Å². The summed E-state index contributed by atoms with van der Waals surface area (Å²) in [6.45, 7) is 6.33. The summed E-state index contributed by atoms with van der Waals surface area (Å²) in [6.07, 6.45) is 0. The van der Waals surface area contributed by atoms with Crippen LogP contribution in [0.25, 0.3) is 0 Å². The summed E-state index contributed by atoms with van der Waals surface area (Å²) in [6, 6.07) is 3.50. The van der Waals surface area contributed by atoms with Crippen LogP contribution in [0.5, 0.6) is 0 Å². The van der Waals surface area contributed by atoms with Crippen molar-refractivity contribution in [2.75, 3.05) is 17.6 Å². The number of carbonyl (C=O) groups excluding carboxylic acids is 1. The Kier molecular flexibility index (Phi) is 3.55. The van der Waals surface area contributed by atoms with Crippen LogP contribution >= 0.6 is 0 Å². The molecule has 4 nitrogen and oxygen atoms in total. The van der Waals surface area contributed by atoms with E-state index in [1.165, 1.54) is 0 Å². The molecule has 1 rings (SSSR count). The Morgan fingerprint density at radius 2 is 1.87 bits per heavy atom. The first-order valence-corrected chi connectivity index (χ1v) is 4.96. The largest absolute Gasteiger partial charge is 0.399 e. The zero-order valence-electron chi connectivity index (χ0n) is 9.35. The maximum atomic E-state index is 11.3. The monoisotopic (exact) mass is 207 g/mol. The lowest BCUT2D eigenvalue weighted by molar-refractivity contribution is 0.252. The molecule has 0 aliphatic rings. The second-order valence-corrected chi connectivity index (χ2v) is 3.51. The summed E-state index contributed by atoms with van der Waals surface area (Å²) in [5.41, 5.74) is 9.17. The molecule has 4 heteroatoms. The molecule has 4 N–H and O–H groups in total. The number of amides is 2. The predicted molar refractivity (Wildman–Crippen MR) is 63.0 cm³/mol. The van der Waals surface area contributed by atoms with Crippen molar-refractivity contribution in [2.24, 2.45) is 0 Å². The Hall–Kier alpha value is -1.71. The fraction of sp³-hybridized carbons (Fsp3) is 0.364. The van der Waals surface area contributed by atoms with Crippen LogP contribution in [0.2, 0.25) is 0 Å². The van der Waals surface area contributed by atoms with Crippen molar-refractivity contribution in [1.29, 1.82) is 0 Å². The SMILES string of the molecule is CCNC(=O)Nc1c(C)cc(N)cc1C. The van der Waals surface area contributed by atoms with E-state index in [1.807, 2.05) is 32.9 Å². The molecule has 2 amide bonds. The van der Waals surface area contributed by atoms with Crippen LogP contribution in [-0.4, -0.2) is 12.6 Å². The van der Waals surface area contributed by atoms with Crippen molar-refractivity contribution in [3.8, 4) is 0 Å². The maximum absolute atomic E-state index is 11.3. The van der Waals surface area contributed by atoms with Crippen LogP contribution < -0.4 is 16.4 Å². The highest BCUT2D eigenvalue weighted by Crippen LogP contribution is 2.22. The van der Waals surface area contributed by atoms with Crippen LogP contribution in [-0.2, 0) is 0 Å². The molecule has 82 valence electrons. The molecule has 0 heterocycles. The number of hydrogen-bond acceptors (Lipinski definition) is 2. The van der Waals surface area contributed by atoms with Crippen LogP contribution in [0.15, 0.2) is 12.1 Å². The summed E-state index contributed by atoms with van der Waals surface area (Å²) in [4.78, 5) is 11.3. The third kappa shape index (κ3) is 2.87. The third-order valence-corrected chi connectivity index (χ3v) is 2.13. The van der Waals surface area contributed by atoms with Gasteiger partial charge in [-0.15, -0.1) is 0 Å². The molecule has 1 aromatic carbocycles. The molecule has 0 spiro atoms. The highest BCUT2D eigenvalue weighted by atomic mass is 16.2. The molecular weight excluding hydrogens is 190 g/mol. The Morgan fingerprint density at radius 3 is 2.33 bits per heavy atom. The molecule has 1 aromatic rings. The molecule has 0 fully saturated rings. The number of anilines is 2. The van der Waals surface area contributed by atoms with Crippen molar-refractivity contribution < 1.29 is 4.79 Å². The molecule has 0 radical (unpaired) electrons. The highest BCUT2D eigenvalue weighted by Gasteiger charge is 2.06. The molecule has 0 saturated carbocycles. The van der Waals surface area contributed by atoms with Gasteiger partial charge in [0.2, 0.25) is 0 Å². The fourth-order valence-corrected chi connectivity index (χ4v) is 1.51. The predicted octanol–water partition coefficient (Wildman–Crippen LogP) is 2.03. The summed E-state index contributed by atoms with van der Waals surface area (Å²) in [5, 5.41) is 5.48. The second-order valence-electron chi connectivity index (χ2n) is 3.51. The lowest BCUT2D eigenvalue weighted by Crippen LogP contribution is -2.28. The van der Waals surface area contributed by atoms with Gasteiger partial charge in [-0.1, -0.05) is 0 Å². The van der Waals surface area contributed by atoms with E-state index in [0.29, 0.717) is 12.2 Å². The van der Waals surface area contributed by atoms with Crippen molar-refractivity contribution in [2.45, 2.75) is 20.8 Å². The number of benzene rings is 1. The van der Waals surface area contributed by atoms with Gasteiger partial charge in [-0.05, 0) is 44.0 Å². The zero-order valence-corrected chi connectivity index (χ0v) is 9.35. The Bertz CT molecular complexity index is 351. The molecule has 0 aromatic heterocycles. The van der Waals surface area contributed by atoms with Gasteiger partial charge in [0.1, 0.15) is 0 Å². The Morgan fingerprint density at radius 1 is 1.33 bits per heavy atom. The van der Waals surface area contributed by atoms with Gasteiger partial charge in [0.15, 0.2) is 0 Å². The average Bonchev–Trinajstić information content (AvgIpc) is 2.11. The van der Waals surface area contributed by atoms with E-state index >= 15 is 0 Å². The van der Waals surface area contributed by atoms with E-state index in [9.17, 15) is 4.79 Å². The number of urea groups is 1. The molecule has 0 aliphatic carbocycles. The van der Waals surface area contributed by atoms with Gasteiger partial charge in [-0.25, -0.2) is 4.79 Å². The minimum Gasteiger partial charge on any atom is -0.399 e. The highest BCUT2D eigenvalue weighted by molar-refractivity contribution is 5.91. The lowest BCUT2D eigenvalue weighted by atomic mass is 10.1. The summed E-state index contributed by atoms with van der Waals surface area (Å²) < 4.78 is 0. The van der Waals surface area contributed by atoms with Crippen LogP contribution in [0.3, 0.4) is 0 Å². The van der Waals surface area contributed by atoms with Crippen LogP contribution in [0, 0.1) is 13.8 Å². The Balaban J connectivity index is 2.90. The number of carbonyl (C=O) groups is 1. The number of rotatable bonds is 2. The number of aryl methyl sites for hydroxylation is 2. The van der Waals surface area contributed by atoms with E-state index in [-0.39, 0.29) is 6.03 Å². The molecule has 0 saturated heterocycles. The molecule has 0 bridgehead atoms.